The van der Waals surface area contributed by atoms with Gasteiger partial charge in [-0.2, -0.15) is 0 Å². The van der Waals surface area contributed by atoms with Crippen molar-refractivity contribution in [2.75, 3.05) is 59.5 Å². The van der Waals surface area contributed by atoms with E-state index in [2.05, 4.69) is 15.1 Å². The zero-order chi connectivity index (χ0) is 14.5. The molecule has 0 aromatic heterocycles. The lowest BCUT2D eigenvalue weighted by Crippen LogP contribution is -2.63. The summed E-state index contributed by atoms with van der Waals surface area (Å²) in [5, 5.41) is 3.41. The Balaban J connectivity index is 1.36. The summed E-state index contributed by atoms with van der Waals surface area (Å²) >= 11 is 0. The second-order valence-electron chi connectivity index (χ2n) is 5.70. The van der Waals surface area contributed by atoms with Crippen molar-refractivity contribution in [3.05, 3.63) is 24.3 Å². The van der Waals surface area contributed by atoms with Crippen molar-refractivity contribution in [3.63, 3.8) is 0 Å². The number of hydrogen-bond donors (Lipinski definition) is 1. The summed E-state index contributed by atoms with van der Waals surface area (Å²) in [6, 6.07) is 8.57. The van der Waals surface area contributed by atoms with Gasteiger partial charge < -0.3 is 14.8 Å². The number of hydrogen-bond acceptors (Lipinski definition) is 5. The lowest BCUT2D eigenvalue weighted by molar-refractivity contribution is 0.0201. The fraction of sp³-hybridized carbons (Fsp3) is 0.625. The number of para-hydroxylation sites is 2. The topological polar surface area (TPSA) is 37.0 Å². The van der Waals surface area contributed by atoms with Crippen LogP contribution in [0.4, 0.5) is 0 Å². The van der Waals surface area contributed by atoms with Gasteiger partial charge in [0.2, 0.25) is 0 Å². The van der Waals surface area contributed by atoms with Gasteiger partial charge in [0, 0.05) is 51.9 Å². The van der Waals surface area contributed by atoms with E-state index in [1.54, 1.807) is 7.11 Å². The summed E-state index contributed by atoms with van der Waals surface area (Å²) in [7, 11) is 1.68. The predicted molar refractivity (Wildman–Crippen MR) is 83.2 cm³/mol. The molecule has 0 atom stereocenters. The SMILES string of the molecule is COc1ccccc1OCCN1CC(N2CCNCC2)C1. The molecule has 3 rings (SSSR count). The Labute approximate surface area is 126 Å². The highest BCUT2D eigenvalue weighted by Gasteiger charge is 2.31. The van der Waals surface area contributed by atoms with Crippen LogP contribution in [0.3, 0.4) is 0 Å². The molecule has 0 saturated carbocycles. The van der Waals surface area contributed by atoms with E-state index in [1.807, 2.05) is 24.3 Å². The fourth-order valence-corrected chi connectivity index (χ4v) is 3.03. The Morgan fingerprint density at radius 3 is 2.57 bits per heavy atom. The lowest BCUT2D eigenvalue weighted by Gasteiger charge is -2.46. The summed E-state index contributed by atoms with van der Waals surface area (Å²) in [5.41, 5.74) is 0. The minimum atomic E-state index is 0.717. The minimum Gasteiger partial charge on any atom is -0.493 e. The van der Waals surface area contributed by atoms with Gasteiger partial charge in [0.15, 0.2) is 11.5 Å². The maximum Gasteiger partial charge on any atom is 0.161 e. The Kier molecular flexibility index (Phi) is 4.95. The van der Waals surface area contributed by atoms with Crippen molar-refractivity contribution in [2.24, 2.45) is 0 Å². The molecule has 1 aromatic carbocycles. The van der Waals surface area contributed by atoms with E-state index in [4.69, 9.17) is 9.47 Å². The molecule has 2 heterocycles. The van der Waals surface area contributed by atoms with Gasteiger partial charge in [-0.25, -0.2) is 0 Å². The molecule has 0 aliphatic carbocycles. The molecule has 2 aliphatic rings. The predicted octanol–water partition coefficient (Wildman–Crippen LogP) is 0.663. The Morgan fingerprint density at radius 2 is 1.86 bits per heavy atom. The number of benzene rings is 1. The average molecular weight is 291 g/mol. The van der Waals surface area contributed by atoms with Crippen molar-refractivity contribution >= 4 is 0 Å². The quantitative estimate of drug-likeness (QED) is 0.833. The summed E-state index contributed by atoms with van der Waals surface area (Å²) in [6.07, 6.45) is 0. The minimum absolute atomic E-state index is 0.717. The van der Waals surface area contributed by atoms with E-state index < -0.39 is 0 Å². The molecule has 116 valence electrons. The van der Waals surface area contributed by atoms with Gasteiger partial charge >= 0.3 is 0 Å². The van der Waals surface area contributed by atoms with E-state index >= 15 is 0 Å². The number of ether oxygens (including phenoxy) is 2. The molecule has 5 heteroatoms. The maximum absolute atomic E-state index is 5.82. The van der Waals surface area contributed by atoms with Gasteiger partial charge in [-0.1, -0.05) is 12.1 Å². The molecule has 2 aliphatic heterocycles. The first-order valence-corrected chi connectivity index (χ1v) is 7.80. The van der Waals surface area contributed by atoms with Gasteiger partial charge in [0.05, 0.1) is 7.11 Å². The van der Waals surface area contributed by atoms with Crippen LogP contribution in [0.25, 0.3) is 0 Å². The second kappa shape index (κ2) is 7.11. The molecule has 2 saturated heterocycles. The van der Waals surface area contributed by atoms with Crippen LogP contribution in [-0.2, 0) is 0 Å². The number of likely N-dealkylation sites (tertiary alicyclic amines) is 1. The highest BCUT2D eigenvalue weighted by molar-refractivity contribution is 5.39. The highest BCUT2D eigenvalue weighted by atomic mass is 16.5. The number of nitrogens with zero attached hydrogens (tertiary/aromatic N) is 2. The molecule has 5 nitrogen and oxygen atoms in total. The Bertz CT molecular complexity index is 443. The maximum atomic E-state index is 5.82. The first kappa shape index (κ1) is 14.6. The van der Waals surface area contributed by atoms with E-state index in [0.29, 0.717) is 6.61 Å². The molecular formula is C16H25N3O2. The number of methoxy groups -OCH3 is 1. The lowest BCUT2D eigenvalue weighted by atomic mass is 10.1. The van der Waals surface area contributed by atoms with Crippen molar-refractivity contribution in [1.82, 2.24) is 15.1 Å². The van der Waals surface area contributed by atoms with Crippen LogP contribution in [0.1, 0.15) is 0 Å². The van der Waals surface area contributed by atoms with E-state index in [0.717, 1.165) is 37.2 Å². The third kappa shape index (κ3) is 3.67. The fourth-order valence-electron chi connectivity index (χ4n) is 3.03. The molecule has 0 amide bonds. The molecular weight excluding hydrogens is 266 g/mol. The third-order valence-electron chi connectivity index (χ3n) is 4.34. The van der Waals surface area contributed by atoms with Gasteiger partial charge in [0.1, 0.15) is 6.61 Å². The zero-order valence-electron chi connectivity index (χ0n) is 12.8. The summed E-state index contributed by atoms with van der Waals surface area (Å²) in [5.74, 6) is 1.64. The average Bonchev–Trinajstić information content (AvgIpc) is 2.50. The summed E-state index contributed by atoms with van der Waals surface area (Å²) < 4.78 is 11.1. The van der Waals surface area contributed by atoms with Crippen molar-refractivity contribution in [1.29, 1.82) is 0 Å². The van der Waals surface area contributed by atoms with E-state index in [1.165, 1.54) is 26.2 Å². The molecule has 0 radical (unpaired) electrons. The molecule has 1 N–H and O–H groups in total. The van der Waals surface area contributed by atoms with Gasteiger partial charge in [-0.3, -0.25) is 9.80 Å². The van der Waals surface area contributed by atoms with Crippen LogP contribution >= 0.6 is 0 Å². The monoisotopic (exact) mass is 291 g/mol. The van der Waals surface area contributed by atoms with E-state index in [-0.39, 0.29) is 0 Å². The highest BCUT2D eigenvalue weighted by Crippen LogP contribution is 2.25. The van der Waals surface area contributed by atoms with Gasteiger partial charge in [-0.05, 0) is 12.1 Å². The Hall–Kier alpha value is -1.30. The summed E-state index contributed by atoms with van der Waals surface area (Å²) in [4.78, 5) is 5.07. The first-order chi connectivity index (χ1) is 10.4. The van der Waals surface area contributed by atoms with Crippen LogP contribution in [-0.4, -0.2) is 75.4 Å². The van der Waals surface area contributed by atoms with Crippen molar-refractivity contribution < 1.29 is 9.47 Å². The van der Waals surface area contributed by atoms with Crippen LogP contribution in [0, 0.1) is 0 Å². The standard InChI is InChI=1S/C16H25N3O2/c1-20-15-4-2-3-5-16(15)21-11-10-18-12-14(13-18)19-8-6-17-7-9-19/h2-5,14,17H,6-13H2,1H3. The third-order valence-corrected chi connectivity index (χ3v) is 4.34. The molecule has 0 bridgehead atoms. The molecule has 1 aromatic rings. The first-order valence-electron chi connectivity index (χ1n) is 7.80. The van der Waals surface area contributed by atoms with Gasteiger partial charge in [0.25, 0.3) is 0 Å². The number of rotatable bonds is 6. The smallest absolute Gasteiger partial charge is 0.161 e. The largest absolute Gasteiger partial charge is 0.493 e. The molecule has 21 heavy (non-hydrogen) atoms. The van der Waals surface area contributed by atoms with Crippen molar-refractivity contribution in [2.45, 2.75) is 6.04 Å². The second-order valence-corrected chi connectivity index (χ2v) is 5.70. The normalized spacial score (nSPS) is 21.0. The molecule has 0 unspecified atom stereocenters. The molecule has 2 fully saturated rings. The van der Waals surface area contributed by atoms with E-state index in [9.17, 15) is 0 Å². The van der Waals surface area contributed by atoms with Crippen molar-refractivity contribution in [3.8, 4) is 11.5 Å². The van der Waals surface area contributed by atoms with Gasteiger partial charge in [-0.15, -0.1) is 0 Å². The van der Waals surface area contributed by atoms with Crippen LogP contribution in [0.15, 0.2) is 24.3 Å². The molecule has 0 spiro atoms. The summed E-state index contributed by atoms with van der Waals surface area (Å²) in [6.45, 7) is 8.70. The van der Waals surface area contributed by atoms with Crippen LogP contribution in [0.5, 0.6) is 11.5 Å². The number of piperazine rings is 1. The van der Waals surface area contributed by atoms with Crippen LogP contribution < -0.4 is 14.8 Å². The Morgan fingerprint density at radius 1 is 1.14 bits per heavy atom. The zero-order valence-corrected chi connectivity index (χ0v) is 12.8. The van der Waals surface area contributed by atoms with Crippen LogP contribution in [0.2, 0.25) is 0 Å². The number of nitrogens with one attached hydrogen (secondary N) is 1.